The van der Waals surface area contributed by atoms with Gasteiger partial charge in [0.05, 0.1) is 5.60 Å². The van der Waals surface area contributed by atoms with Gasteiger partial charge in [-0.05, 0) is 25.8 Å². The standard InChI is InChI=1S/C10H20N2O2/c11-7-3-4-9(13)12-8-10(14)5-1-2-6-10/h14H,1-8,11H2,(H,12,13). The summed E-state index contributed by atoms with van der Waals surface area (Å²) in [4.78, 5) is 11.2. The molecule has 1 amide bonds. The number of rotatable bonds is 5. The molecule has 1 aliphatic carbocycles. The predicted molar refractivity (Wildman–Crippen MR) is 54.7 cm³/mol. The summed E-state index contributed by atoms with van der Waals surface area (Å²) < 4.78 is 0. The second-order valence-electron chi connectivity index (χ2n) is 4.10. The van der Waals surface area contributed by atoms with Crippen molar-refractivity contribution >= 4 is 5.91 Å². The van der Waals surface area contributed by atoms with Crippen LogP contribution in [0.1, 0.15) is 38.5 Å². The molecule has 0 bridgehead atoms. The summed E-state index contributed by atoms with van der Waals surface area (Å²) in [6, 6.07) is 0. The second-order valence-corrected chi connectivity index (χ2v) is 4.10. The first-order chi connectivity index (χ1) is 6.66. The van der Waals surface area contributed by atoms with E-state index in [9.17, 15) is 9.90 Å². The van der Waals surface area contributed by atoms with Crippen LogP contribution in [0.15, 0.2) is 0 Å². The number of carbonyl (C=O) groups excluding carboxylic acids is 1. The van der Waals surface area contributed by atoms with E-state index in [0.717, 1.165) is 25.7 Å². The van der Waals surface area contributed by atoms with Crippen LogP contribution in [-0.4, -0.2) is 29.7 Å². The van der Waals surface area contributed by atoms with Gasteiger partial charge in [0, 0.05) is 13.0 Å². The van der Waals surface area contributed by atoms with Crippen LogP contribution in [-0.2, 0) is 4.79 Å². The Bertz CT molecular complexity index is 189. The second kappa shape index (κ2) is 5.32. The number of hydrogen-bond acceptors (Lipinski definition) is 3. The zero-order valence-electron chi connectivity index (χ0n) is 8.59. The maximum atomic E-state index is 11.2. The number of aliphatic hydroxyl groups is 1. The number of hydrogen-bond donors (Lipinski definition) is 3. The lowest BCUT2D eigenvalue weighted by Crippen LogP contribution is -2.40. The van der Waals surface area contributed by atoms with Gasteiger partial charge in [0.1, 0.15) is 0 Å². The summed E-state index contributed by atoms with van der Waals surface area (Å²) >= 11 is 0. The molecule has 0 radical (unpaired) electrons. The zero-order chi connectivity index (χ0) is 10.4. The van der Waals surface area contributed by atoms with Crippen molar-refractivity contribution in [3.63, 3.8) is 0 Å². The van der Waals surface area contributed by atoms with Gasteiger partial charge < -0.3 is 16.2 Å². The third kappa shape index (κ3) is 3.64. The van der Waals surface area contributed by atoms with Crippen LogP contribution in [0.5, 0.6) is 0 Å². The highest BCUT2D eigenvalue weighted by Crippen LogP contribution is 2.28. The molecule has 1 saturated carbocycles. The average molecular weight is 200 g/mol. The van der Waals surface area contributed by atoms with Crippen molar-refractivity contribution in [2.24, 2.45) is 5.73 Å². The summed E-state index contributed by atoms with van der Waals surface area (Å²) in [6.45, 7) is 0.939. The summed E-state index contributed by atoms with van der Waals surface area (Å²) in [5.74, 6) is -0.00391. The summed E-state index contributed by atoms with van der Waals surface area (Å²) in [5.41, 5.74) is 4.65. The fraction of sp³-hybridized carbons (Fsp3) is 0.900. The first-order valence-electron chi connectivity index (χ1n) is 5.35. The summed E-state index contributed by atoms with van der Waals surface area (Å²) in [6.07, 6.45) is 4.93. The van der Waals surface area contributed by atoms with Crippen molar-refractivity contribution in [1.29, 1.82) is 0 Å². The molecule has 82 valence electrons. The number of nitrogens with two attached hydrogens (primary N) is 1. The minimum Gasteiger partial charge on any atom is -0.388 e. The molecule has 0 aromatic heterocycles. The SMILES string of the molecule is NCCCC(=O)NCC1(O)CCCC1. The molecule has 0 aliphatic heterocycles. The Hall–Kier alpha value is -0.610. The maximum Gasteiger partial charge on any atom is 0.220 e. The van der Waals surface area contributed by atoms with E-state index in [1.165, 1.54) is 0 Å². The zero-order valence-corrected chi connectivity index (χ0v) is 8.59. The van der Waals surface area contributed by atoms with Crippen molar-refractivity contribution in [3.05, 3.63) is 0 Å². The molecule has 0 unspecified atom stereocenters. The molecule has 14 heavy (non-hydrogen) atoms. The molecule has 1 aliphatic rings. The van der Waals surface area contributed by atoms with Crippen LogP contribution < -0.4 is 11.1 Å². The minimum atomic E-state index is -0.641. The molecule has 0 saturated heterocycles. The van der Waals surface area contributed by atoms with Gasteiger partial charge in [-0.3, -0.25) is 4.79 Å². The lowest BCUT2D eigenvalue weighted by atomic mass is 10.0. The molecule has 0 atom stereocenters. The van der Waals surface area contributed by atoms with E-state index in [1.807, 2.05) is 0 Å². The third-order valence-electron chi connectivity index (χ3n) is 2.76. The van der Waals surface area contributed by atoms with Gasteiger partial charge in [-0.2, -0.15) is 0 Å². The monoisotopic (exact) mass is 200 g/mol. The average Bonchev–Trinajstić information content (AvgIpc) is 2.60. The first-order valence-corrected chi connectivity index (χ1v) is 5.35. The number of amides is 1. The van der Waals surface area contributed by atoms with Crippen molar-refractivity contribution < 1.29 is 9.90 Å². The summed E-state index contributed by atoms with van der Waals surface area (Å²) in [7, 11) is 0. The molecular formula is C10H20N2O2. The number of carbonyl (C=O) groups is 1. The minimum absolute atomic E-state index is 0.00391. The van der Waals surface area contributed by atoms with Gasteiger partial charge in [0.25, 0.3) is 0 Å². The van der Waals surface area contributed by atoms with Crippen molar-refractivity contribution in [2.75, 3.05) is 13.1 Å². The molecule has 0 spiro atoms. The van der Waals surface area contributed by atoms with E-state index in [2.05, 4.69) is 5.32 Å². The maximum absolute atomic E-state index is 11.2. The van der Waals surface area contributed by atoms with E-state index in [-0.39, 0.29) is 5.91 Å². The topological polar surface area (TPSA) is 75.4 Å². The Morgan fingerprint density at radius 2 is 2.07 bits per heavy atom. The Morgan fingerprint density at radius 1 is 1.43 bits per heavy atom. The van der Waals surface area contributed by atoms with Crippen molar-refractivity contribution in [3.8, 4) is 0 Å². The summed E-state index contributed by atoms with van der Waals surface area (Å²) in [5, 5.41) is 12.7. The molecular weight excluding hydrogens is 180 g/mol. The van der Waals surface area contributed by atoms with Gasteiger partial charge in [0.2, 0.25) is 5.91 Å². The largest absolute Gasteiger partial charge is 0.388 e. The van der Waals surface area contributed by atoms with E-state index in [0.29, 0.717) is 25.9 Å². The quantitative estimate of drug-likeness (QED) is 0.591. The van der Waals surface area contributed by atoms with Crippen LogP contribution in [0.25, 0.3) is 0 Å². The fourth-order valence-corrected chi connectivity index (χ4v) is 1.82. The van der Waals surface area contributed by atoms with Crippen LogP contribution in [0.2, 0.25) is 0 Å². The van der Waals surface area contributed by atoms with Crippen LogP contribution in [0.4, 0.5) is 0 Å². The molecule has 4 heteroatoms. The normalized spacial score (nSPS) is 19.6. The molecule has 1 fully saturated rings. The van der Waals surface area contributed by atoms with E-state index in [1.54, 1.807) is 0 Å². The highest BCUT2D eigenvalue weighted by atomic mass is 16.3. The third-order valence-corrected chi connectivity index (χ3v) is 2.76. The van der Waals surface area contributed by atoms with Crippen LogP contribution >= 0.6 is 0 Å². The highest BCUT2D eigenvalue weighted by Gasteiger charge is 2.30. The van der Waals surface area contributed by atoms with Gasteiger partial charge in [0.15, 0.2) is 0 Å². The molecule has 0 aromatic rings. The Morgan fingerprint density at radius 3 is 2.64 bits per heavy atom. The van der Waals surface area contributed by atoms with Crippen LogP contribution in [0.3, 0.4) is 0 Å². The lowest BCUT2D eigenvalue weighted by molar-refractivity contribution is -0.122. The van der Waals surface area contributed by atoms with Crippen molar-refractivity contribution in [2.45, 2.75) is 44.1 Å². The lowest BCUT2D eigenvalue weighted by Gasteiger charge is -2.22. The number of nitrogens with one attached hydrogen (secondary N) is 1. The van der Waals surface area contributed by atoms with Gasteiger partial charge >= 0.3 is 0 Å². The molecule has 0 heterocycles. The van der Waals surface area contributed by atoms with E-state index in [4.69, 9.17) is 5.73 Å². The predicted octanol–water partition coefficient (Wildman–Crippen LogP) is 0.147. The Labute approximate surface area is 84.9 Å². The van der Waals surface area contributed by atoms with Crippen LogP contribution in [0, 0.1) is 0 Å². The van der Waals surface area contributed by atoms with Gasteiger partial charge in [-0.25, -0.2) is 0 Å². The molecule has 4 N–H and O–H groups in total. The smallest absolute Gasteiger partial charge is 0.220 e. The molecule has 1 rings (SSSR count). The molecule has 4 nitrogen and oxygen atoms in total. The van der Waals surface area contributed by atoms with E-state index >= 15 is 0 Å². The first kappa shape index (κ1) is 11.5. The Balaban J connectivity index is 2.15. The highest BCUT2D eigenvalue weighted by molar-refractivity contribution is 5.75. The van der Waals surface area contributed by atoms with Crippen molar-refractivity contribution in [1.82, 2.24) is 5.32 Å². The van der Waals surface area contributed by atoms with E-state index < -0.39 is 5.60 Å². The fourth-order valence-electron chi connectivity index (χ4n) is 1.82. The van der Waals surface area contributed by atoms with Gasteiger partial charge in [-0.15, -0.1) is 0 Å². The van der Waals surface area contributed by atoms with Gasteiger partial charge in [-0.1, -0.05) is 12.8 Å². The molecule has 0 aromatic carbocycles. The Kier molecular flexibility index (Phi) is 4.35.